The quantitative estimate of drug-likeness (QED) is 0.204. The Hall–Kier alpha value is -0.540. The number of unbranched alkanes of at least 4 members (excludes halogenated alkanes) is 1. The highest BCUT2D eigenvalue weighted by Crippen LogP contribution is 2.17. The third-order valence-corrected chi connectivity index (χ3v) is 3.47. The Bertz CT molecular complexity index is 461. The number of nitrogens with one attached hydrogen (secondary N) is 2. The molecule has 0 saturated carbocycles. The Balaban J connectivity index is 0.00000529. The predicted molar refractivity (Wildman–Crippen MR) is 115 cm³/mol. The van der Waals surface area contributed by atoms with Gasteiger partial charge in [0.1, 0.15) is 12.4 Å². The van der Waals surface area contributed by atoms with Gasteiger partial charge in [-0.1, -0.05) is 22.0 Å². The van der Waals surface area contributed by atoms with E-state index in [0.717, 1.165) is 55.3 Å². The molecule has 1 aromatic carbocycles. The Morgan fingerprint density at radius 1 is 1.17 bits per heavy atom. The highest BCUT2D eigenvalue weighted by Gasteiger charge is 1.98. The van der Waals surface area contributed by atoms with Crippen LogP contribution in [-0.4, -0.2) is 45.4 Å². The van der Waals surface area contributed by atoms with Crippen molar-refractivity contribution in [2.75, 3.05) is 39.5 Å². The predicted octanol–water partition coefficient (Wildman–Crippen LogP) is 3.82. The molecule has 7 heteroatoms. The summed E-state index contributed by atoms with van der Waals surface area (Å²) in [7, 11) is 0. The van der Waals surface area contributed by atoms with Crippen LogP contribution in [0.1, 0.15) is 26.7 Å². The van der Waals surface area contributed by atoms with Crippen LogP contribution in [0.15, 0.2) is 33.7 Å². The van der Waals surface area contributed by atoms with Crippen molar-refractivity contribution < 1.29 is 9.47 Å². The number of hydrogen-bond donors (Lipinski definition) is 2. The summed E-state index contributed by atoms with van der Waals surface area (Å²) in [4.78, 5) is 4.55. The van der Waals surface area contributed by atoms with Crippen LogP contribution in [0.2, 0.25) is 0 Å². The summed E-state index contributed by atoms with van der Waals surface area (Å²) >= 11 is 3.43. The summed E-state index contributed by atoms with van der Waals surface area (Å²) in [5.41, 5.74) is 0. The van der Waals surface area contributed by atoms with E-state index in [1.54, 1.807) is 0 Å². The van der Waals surface area contributed by atoms with Gasteiger partial charge in [-0.3, -0.25) is 4.99 Å². The van der Waals surface area contributed by atoms with Crippen LogP contribution in [0.3, 0.4) is 0 Å². The van der Waals surface area contributed by atoms with Gasteiger partial charge in [0.25, 0.3) is 0 Å². The van der Waals surface area contributed by atoms with Gasteiger partial charge >= 0.3 is 0 Å². The molecular weight excluding hydrogens is 485 g/mol. The van der Waals surface area contributed by atoms with Crippen molar-refractivity contribution in [1.82, 2.24) is 10.6 Å². The van der Waals surface area contributed by atoms with Gasteiger partial charge in [-0.25, -0.2) is 0 Å². The lowest BCUT2D eigenvalue weighted by Gasteiger charge is -2.12. The summed E-state index contributed by atoms with van der Waals surface area (Å²) in [5.74, 6) is 1.70. The van der Waals surface area contributed by atoms with Crippen LogP contribution >= 0.6 is 39.9 Å². The van der Waals surface area contributed by atoms with E-state index >= 15 is 0 Å². The van der Waals surface area contributed by atoms with E-state index in [-0.39, 0.29) is 24.0 Å². The first-order valence-corrected chi connectivity index (χ1v) is 9.03. The second-order valence-electron chi connectivity index (χ2n) is 4.90. The van der Waals surface area contributed by atoms with Gasteiger partial charge in [0.15, 0.2) is 5.96 Å². The second-order valence-corrected chi connectivity index (χ2v) is 5.81. The van der Waals surface area contributed by atoms with E-state index in [1.807, 2.05) is 31.2 Å². The first kappa shape index (κ1) is 23.5. The highest BCUT2D eigenvalue weighted by molar-refractivity contribution is 14.0. The van der Waals surface area contributed by atoms with E-state index in [4.69, 9.17) is 9.47 Å². The molecule has 0 aromatic heterocycles. The van der Waals surface area contributed by atoms with Gasteiger partial charge in [-0.15, -0.1) is 24.0 Å². The fraction of sp³-hybridized carbons (Fsp3) is 0.588. The highest BCUT2D eigenvalue weighted by atomic mass is 127. The van der Waals surface area contributed by atoms with Crippen molar-refractivity contribution in [2.45, 2.75) is 26.7 Å². The topological polar surface area (TPSA) is 54.9 Å². The van der Waals surface area contributed by atoms with E-state index in [0.29, 0.717) is 13.2 Å². The van der Waals surface area contributed by atoms with Crippen molar-refractivity contribution in [1.29, 1.82) is 0 Å². The average Bonchev–Trinajstić information content (AvgIpc) is 2.54. The summed E-state index contributed by atoms with van der Waals surface area (Å²) in [6.07, 6.45) is 2.08. The molecule has 138 valence electrons. The van der Waals surface area contributed by atoms with Crippen LogP contribution in [0.5, 0.6) is 5.75 Å². The molecule has 0 bridgehead atoms. The molecule has 0 spiro atoms. The maximum Gasteiger partial charge on any atom is 0.191 e. The Labute approximate surface area is 171 Å². The molecule has 0 aliphatic carbocycles. The molecule has 24 heavy (non-hydrogen) atoms. The Morgan fingerprint density at radius 2 is 2.00 bits per heavy atom. The van der Waals surface area contributed by atoms with Crippen LogP contribution in [0.25, 0.3) is 0 Å². The van der Waals surface area contributed by atoms with E-state index in [2.05, 4.69) is 38.5 Å². The van der Waals surface area contributed by atoms with Crippen molar-refractivity contribution in [3.63, 3.8) is 0 Å². The average molecular weight is 514 g/mol. The van der Waals surface area contributed by atoms with Crippen molar-refractivity contribution in [3.05, 3.63) is 28.7 Å². The third-order valence-electron chi connectivity index (χ3n) is 2.97. The molecular formula is C17H29BrIN3O2. The number of hydrogen-bond acceptors (Lipinski definition) is 3. The molecule has 0 aliphatic heterocycles. The summed E-state index contributed by atoms with van der Waals surface area (Å²) in [5, 5.41) is 6.52. The van der Waals surface area contributed by atoms with Crippen LogP contribution in [0, 0.1) is 0 Å². The van der Waals surface area contributed by atoms with Crippen molar-refractivity contribution in [2.24, 2.45) is 4.99 Å². The number of rotatable bonds is 11. The van der Waals surface area contributed by atoms with Gasteiger partial charge in [0.2, 0.25) is 0 Å². The number of nitrogens with zero attached hydrogens (tertiary/aromatic N) is 1. The van der Waals surface area contributed by atoms with E-state index in [1.165, 1.54) is 0 Å². The lowest BCUT2D eigenvalue weighted by Crippen LogP contribution is -2.39. The number of benzene rings is 1. The fourth-order valence-electron chi connectivity index (χ4n) is 1.89. The number of ether oxygens (including phenoxy) is 2. The van der Waals surface area contributed by atoms with Gasteiger partial charge < -0.3 is 20.1 Å². The monoisotopic (exact) mass is 513 g/mol. The normalized spacial score (nSPS) is 10.9. The standard InChI is InChI=1S/C17H28BrN3O2.HI/c1-3-19-17(20-10-5-6-12-22-4-2)21-11-13-23-16-9-7-8-15(18)14-16;/h7-9,14H,3-6,10-13H2,1-2H3,(H2,19,20,21);1H. The Morgan fingerprint density at radius 3 is 2.71 bits per heavy atom. The maximum absolute atomic E-state index is 5.69. The molecule has 0 radical (unpaired) electrons. The lowest BCUT2D eigenvalue weighted by molar-refractivity contribution is 0.144. The molecule has 1 rings (SSSR count). The van der Waals surface area contributed by atoms with E-state index in [9.17, 15) is 0 Å². The minimum absolute atomic E-state index is 0. The maximum atomic E-state index is 5.69. The van der Waals surface area contributed by atoms with Gasteiger partial charge in [0.05, 0.1) is 6.54 Å². The number of halogens is 2. The molecule has 0 atom stereocenters. The van der Waals surface area contributed by atoms with Crippen molar-refractivity contribution in [3.8, 4) is 5.75 Å². The van der Waals surface area contributed by atoms with Gasteiger partial charge in [-0.2, -0.15) is 0 Å². The molecule has 0 fully saturated rings. The zero-order valence-electron chi connectivity index (χ0n) is 14.5. The van der Waals surface area contributed by atoms with Gasteiger partial charge in [0, 0.05) is 30.8 Å². The smallest absolute Gasteiger partial charge is 0.191 e. The number of guanidine groups is 1. The molecule has 0 heterocycles. The zero-order valence-corrected chi connectivity index (χ0v) is 18.4. The zero-order chi connectivity index (χ0) is 16.8. The molecule has 5 nitrogen and oxygen atoms in total. The van der Waals surface area contributed by atoms with Crippen molar-refractivity contribution >= 4 is 45.9 Å². The third kappa shape index (κ3) is 11.9. The lowest BCUT2D eigenvalue weighted by atomic mass is 10.3. The summed E-state index contributed by atoms with van der Waals surface area (Å²) in [6.45, 7) is 8.61. The first-order chi connectivity index (χ1) is 11.3. The van der Waals surface area contributed by atoms with Crippen LogP contribution < -0.4 is 15.4 Å². The minimum Gasteiger partial charge on any atom is -0.492 e. The first-order valence-electron chi connectivity index (χ1n) is 8.24. The second kappa shape index (κ2) is 16.0. The number of aliphatic imine (C=N–C) groups is 1. The Kier molecular flexibility index (Phi) is 15.6. The molecule has 0 unspecified atom stereocenters. The van der Waals surface area contributed by atoms with E-state index < -0.39 is 0 Å². The minimum atomic E-state index is 0. The van der Waals surface area contributed by atoms with Crippen LogP contribution in [0.4, 0.5) is 0 Å². The summed E-state index contributed by atoms with van der Waals surface area (Å²) < 4.78 is 12.0. The van der Waals surface area contributed by atoms with Crippen LogP contribution in [-0.2, 0) is 4.74 Å². The molecule has 0 aliphatic rings. The molecule has 0 amide bonds. The molecule has 0 saturated heterocycles. The largest absolute Gasteiger partial charge is 0.492 e. The molecule has 1 aromatic rings. The van der Waals surface area contributed by atoms with Gasteiger partial charge in [-0.05, 0) is 44.9 Å². The fourth-order valence-corrected chi connectivity index (χ4v) is 2.27. The summed E-state index contributed by atoms with van der Waals surface area (Å²) in [6, 6.07) is 7.84. The SMILES string of the molecule is CCNC(=NCCCCOCC)NCCOc1cccc(Br)c1.I. The molecule has 2 N–H and O–H groups in total.